The van der Waals surface area contributed by atoms with Crippen LogP contribution in [0.3, 0.4) is 0 Å². The number of rotatable bonds is 5. The van der Waals surface area contributed by atoms with Gasteiger partial charge < -0.3 is 13.7 Å². The van der Waals surface area contributed by atoms with Crippen molar-refractivity contribution in [2.45, 2.75) is 36.6 Å². The molecule has 0 N–H and O–H groups in total. The second-order valence-electron chi connectivity index (χ2n) is 7.28. The molecule has 11 heteroatoms. The highest BCUT2D eigenvalue weighted by atomic mass is 32.2. The van der Waals surface area contributed by atoms with Crippen LogP contribution in [0, 0.1) is 0 Å². The van der Waals surface area contributed by atoms with Gasteiger partial charge in [0.25, 0.3) is 0 Å². The highest BCUT2D eigenvalue weighted by molar-refractivity contribution is 7.89. The number of morpholine rings is 1. The fourth-order valence-electron chi connectivity index (χ4n) is 3.59. The van der Waals surface area contributed by atoms with Gasteiger partial charge in [0.15, 0.2) is 11.4 Å². The predicted molar refractivity (Wildman–Crippen MR) is 100 cm³/mol. The Balaban J connectivity index is 1.44. The normalized spacial score (nSPS) is 18.9. The third kappa shape index (κ3) is 3.28. The van der Waals surface area contributed by atoms with Gasteiger partial charge in [0.05, 0.1) is 30.2 Å². The van der Waals surface area contributed by atoms with Gasteiger partial charge in [-0.1, -0.05) is 11.6 Å². The van der Waals surface area contributed by atoms with E-state index in [0.717, 1.165) is 19.3 Å². The van der Waals surface area contributed by atoms with E-state index >= 15 is 0 Å². The molecule has 10 nitrogen and oxygen atoms in total. The summed E-state index contributed by atoms with van der Waals surface area (Å²) in [5.41, 5.74) is 0.679. The van der Waals surface area contributed by atoms with Crippen LogP contribution in [0.2, 0.25) is 0 Å². The highest BCUT2D eigenvalue weighted by Gasteiger charge is 2.28. The van der Waals surface area contributed by atoms with Gasteiger partial charge >= 0.3 is 5.76 Å². The molecular formula is C18H20N4O6S. The molecule has 2 aliphatic rings. The van der Waals surface area contributed by atoms with Crippen molar-refractivity contribution in [3.05, 3.63) is 40.5 Å². The third-order valence-electron chi connectivity index (χ3n) is 5.49. The molecule has 0 atom stereocenters. The summed E-state index contributed by atoms with van der Waals surface area (Å²) in [4.78, 5) is 16.8. The summed E-state index contributed by atoms with van der Waals surface area (Å²) in [6.45, 7) is 1.41. The number of hydrogen-bond acceptors (Lipinski definition) is 8. The molecular weight excluding hydrogens is 400 g/mol. The van der Waals surface area contributed by atoms with Crippen molar-refractivity contribution >= 4 is 21.1 Å². The molecule has 3 aromatic rings. The Morgan fingerprint density at radius 2 is 1.97 bits per heavy atom. The lowest BCUT2D eigenvalue weighted by Gasteiger charge is -2.25. The van der Waals surface area contributed by atoms with Crippen molar-refractivity contribution < 1.29 is 22.1 Å². The molecule has 29 heavy (non-hydrogen) atoms. The standard InChI is InChI=1S/C18H20N4O6S/c23-18-22(11-16-19-17(28-20-16)12-2-1-3-12)14-5-4-13(10-15(14)27-18)29(24,25)21-6-8-26-9-7-21/h4-5,10,12H,1-3,6-9,11H2. The van der Waals surface area contributed by atoms with E-state index in [-0.39, 0.29) is 17.0 Å². The van der Waals surface area contributed by atoms with Crippen molar-refractivity contribution in [3.63, 3.8) is 0 Å². The first kappa shape index (κ1) is 18.5. The van der Waals surface area contributed by atoms with Gasteiger partial charge in [-0.25, -0.2) is 13.2 Å². The second kappa shape index (κ2) is 7.08. The van der Waals surface area contributed by atoms with Crippen LogP contribution < -0.4 is 5.76 Å². The predicted octanol–water partition coefficient (Wildman–Crippen LogP) is 1.31. The number of fused-ring (bicyclic) bond motifs is 1. The molecule has 1 aliphatic heterocycles. The van der Waals surface area contributed by atoms with E-state index in [1.54, 1.807) is 6.07 Å². The zero-order valence-corrected chi connectivity index (χ0v) is 16.4. The van der Waals surface area contributed by atoms with Crippen molar-refractivity contribution in [3.8, 4) is 0 Å². The minimum Gasteiger partial charge on any atom is -0.408 e. The lowest BCUT2D eigenvalue weighted by atomic mass is 9.85. The van der Waals surface area contributed by atoms with Gasteiger partial charge in [0, 0.05) is 25.1 Å². The minimum absolute atomic E-state index is 0.0830. The molecule has 0 radical (unpaired) electrons. The van der Waals surface area contributed by atoms with Crippen LogP contribution in [0.4, 0.5) is 0 Å². The monoisotopic (exact) mass is 420 g/mol. The van der Waals surface area contributed by atoms with Crippen molar-refractivity contribution in [1.29, 1.82) is 0 Å². The first-order valence-corrected chi connectivity index (χ1v) is 11.0. The van der Waals surface area contributed by atoms with Gasteiger partial charge in [0.1, 0.15) is 0 Å². The maximum absolute atomic E-state index is 12.8. The van der Waals surface area contributed by atoms with E-state index in [1.807, 2.05) is 0 Å². The van der Waals surface area contributed by atoms with Crippen LogP contribution in [0.1, 0.15) is 36.9 Å². The van der Waals surface area contributed by atoms with Crippen LogP contribution in [0.15, 0.2) is 36.8 Å². The molecule has 0 bridgehead atoms. The summed E-state index contributed by atoms with van der Waals surface area (Å²) in [6.07, 6.45) is 3.23. The molecule has 0 spiro atoms. The molecule has 5 rings (SSSR count). The molecule has 1 saturated heterocycles. The number of benzene rings is 1. The Labute approximate surface area is 166 Å². The Morgan fingerprint density at radius 3 is 2.69 bits per heavy atom. The average Bonchev–Trinajstić information content (AvgIpc) is 3.25. The van der Waals surface area contributed by atoms with Gasteiger partial charge in [-0.2, -0.15) is 9.29 Å². The summed E-state index contributed by atoms with van der Waals surface area (Å²) in [7, 11) is -3.68. The Hall–Kier alpha value is -2.50. The fourth-order valence-corrected chi connectivity index (χ4v) is 5.01. The number of aromatic nitrogens is 3. The van der Waals surface area contributed by atoms with Gasteiger partial charge in [-0.15, -0.1) is 0 Å². The molecule has 1 aliphatic carbocycles. The molecule has 154 valence electrons. The van der Waals surface area contributed by atoms with E-state index in [9.17, 15) is 13.2 Å². The zero-order valence-electron chi connectivity index (χ0n) is 15.6. The lowest BCUT2D eigenvalue weighted by Crippen LogP contribution is -2.40. The van der Waals surface area contributed by atoms with E-state index in [2.05, 4.69) is 10.1 Å². The quantitative estimate of drug-likeness (QED) is 0.606. The van der Waals surface area contributed by atoms with Crippen LogP contribution in [-0.2, 0) is 21.3 Å². The minimum atomic E-state index is -3.68. The van der Waals surface area contributed by atoms with Crippen molar-refractivity contribution in [2.75, 3.05) is 26.3 Å². The zero-order chi connectivity index (χ0) is 20.0. The topological polar surface area (TPSA) is 121 Å². The van der Waals surface area contributed by atoms with Crippen molar-refractivity contribution in [2.24, 2.45) is 0 Å². The number of hydrogen-bond donors (Lipinski definition) is 0. The maximum atomic E-state index is 12.8. The molecule has 2 aromatic heterocycles. The third-order valence-corrected chi connectivity index (χ3v) is 7.38. The smallest absolute Gasteiger partial charge is 0.408 e. The molecule has 1 aromatic carbocycles. The summed E-state index contributed by atoms with van der Waals surface area (Å²) < 4.78 is 44.2. The van der Waals surface area contributed by atoms with Crippen LogP contribution in [-0.4, -0.2) is 53.7 Å². The number of sulfonamides is 1. The summed E-state index contributed by atoms with van der Waals surface area (Å²) in [5, 5.41) is 3.96. The van der Waals surface area contributed by atoms with Crippen molar-refractivity contribution in [1.82, 2.24) is 19.0 Å². The fraction of sp³-hybridized carbons (Fsp3) is 0.500. The van der Waals surface area contributed by atoms with Gasteiger partial charge in [0.2, 0.25) is 15.9 Å². The van der Waals surface area contributed by atoms with Gasteiger partial charge in [-0.05, 0) is 25.0 Å². The highest BCUT2D eigenvalue weighted by Crippen LogP contribution is 2.35. The molecule has 1 saturated carbocycles. The number of ether oxygens (including phenoxy) is 1. The van der Waals surface area contributed by atoms with E-state index < -0.39 is 15.8 Å². The first-order valence-electron chi connectivity index (χ1n) is 9.56. The van der Waals surface area contributed by atoms with Crippen LogP contribution in [0.25, 0.3) is 11.1 Å². The van der Waals surface area contributed by atoms with Crippen LogP contribution in [0.5, 0.6) is 0 Å². The second-order valence-corrected chi connectivity index (χ2v) is 9.21. The summed E-state index contributed by atoms with van der Waals surface area (Å²) in [6, 6.07) is 4.43. The largest absolute Gasteiger partial charge is 0.420 e. The molecule has 0 unspecified atom stereocenters. The van der Waals surface area contributed by atoms with E-state index in [1.165, 1.54) is 21.0 Å². The Bertz CT molecular complexity index is 1200. The number of nitrogens with zero attached hydrogens (tertiary/aromatic N) is 4. The summed E-state index contributed by atoms with van der Waals surface area (Å²) in [5.74, 6) is 0.700. The summed E-state index contributed by atoms with van der Waals surface area (Å²) >= 11 is 0. The maximum Gasteiger partial charge on any atom is 0.420 e. The van der Waals surface area contributed by atoms with E-state index in [4.69, 9.17) is 13.7 Å². The Kier molecular flexibility index (Phi) is 4.52. The number of oxazole rings is 1. The lowest BCUT2D eigenvalue weighted by molar-refractivity contribution is 0.0730. The van der Waals surface area contributed by atoms with Crippen LogP contribution >= 0.6 is 0 Å². The van der Waals surface area contributed by atoms with E-state index in [0.29, 0.717) is 49.5 Å². The Morgan fingerprint density at radius 1 is 1.17 bits per heavy atom. The SMILES string of the molecule is O=c1oc2cc(S(=O)(=O)N3CCOCC3)ccc2n1Cc1noc(C2CCC2)n1. The molecule has 0 amide bonds. The molecule has 3 heterocycles. The molecule has 2 fully saturated rings. The van der Waals surface area contributed by atoms with Gasteiger partial charge in [-0.3, -0.25) is 4.57 Å². The average molecular weight is 420 g/mol. The first-order chi connectivity index (χ1) is 14.0.